The number of benzene rings is 2. The zero-order chi connectivity index (χ0) is 19.5. The van der Waals surface area contributed by atoms with E-state index in [1.165, 1.54) is 0 Å². The summed E-state index contributed by atoms with van der Waals surface area (Å²) in [4.78, 5) is 28.3. The van der Waals surface area contributed by atoms with E-state index < -0.39 is 18.0 Å². The molecule has 0 aliphatic carbocycles. The van der Waals surface area contributed by atoms with E-state index in [-0.39, 0.29) is 18.9 Å². The van der Waals surface area contributed by atoms with Crippen molar-refractivity contribution in [3.8, 4) is 17.1 Å². The lowest BCUT2D eigenvalue weighted by Crippen LogP contribution is -2.38. The first-order chi connectivity index (χ1) is 13.6. The van der Waals surface area contributed by atoms with E-state index in [2.05, 4.69) is 15.5 Å². The Morgan fingerprint density at radius 3 is 2.93 bits per heavy atom. The molecule has 1 N–H and O–H groups in total. The predicted molar refractivity (Wildman–Crippen MR) is 98.6 cm³/mol. The zero-order valence-corrected chi connectivity index (χ0v) is 15.2. The van der Waals surface area contributed by atoms with Gasteiger partial charge >= 0.3 is 5.97 Å². The molecule has 0 saturated carbocycles. The van der Waals surface area contributed by atoms with Crippen LogP contribution in [-0.2, 0) is 20.9 Å². The number of para-hydroxylation sites is 2. The molecule has 142 valence electrons. The Morgan fingerprint density at radius 1 is 1.21 bits per heavy atom. The van der Waals surface area contributed by atoms with Crippen molar-refractivity contribution >= 4 is 29.2 Å². The monoisotopic (exact) mass is 399 g/mol. The summed E-state index contributed by atoms with van der Waals surface area (Å²) in [5.74, 6) is -0.0653. The molecular weight excluding hydrogens is 386 g/mol. The summed E-state index contributed by atoms with van der Waals surface area (Å²) in [6.07, 6.45) is -1.21. The van der Waals surface area contributed by atoms with Crippen LogP contribution in [0.3, 0.4) is 0 Å². The van der Waals surface area contributed by atoms with E-state index in [9.17, 15) is 9.59 Å². The van der Waals surface area contributed by atoms with Gasteiger partial charge in [-0.25, -0.2) is 0 Å². The Labute approximate surface area is 164 Å². The smallest absolute Gasteiger partial charge is 0.310 e. The Bertz CT molecular complexity index is 1040. The number of rotatable bonds is 5. The van der Waals surface area contributed by atoms with E-state index in [1.54, 1.807) is 48.5 Å². The van der Waals surface area contributed by atoms with Crippen LogP contribution < -0.4 is 10.1 Å². The number of hydrogen-bond donors (Lipinski definition) is 1. The van der Waals surface area contributed by atoms with Crippen LogP contribution in [-0.4, -0.2) is 28.1 Å². The Balaban J connectivity index is 1.33. The number of carbonyl (C=O) groups excluding carboxylic acids is 2. The number of nitrogens with one attached hydrogen (secondary N) is 1. The van der Waals surface area contributed by atoms with Gasteiger partial charge in [0.05, 0.1) is 12.1 Å². The Hall–Kier alpha value is -3.39. The van der Waals surface area contributed by atoms with Crippen molar-refractivity contribution in [1.29, 1.82) is 0 Å². The van der Waals surface area contributed by atoms with Gasteiger partial charge in [-0.1, -0.05) is 41.0 Å². The number of hydrogen-bond acceptors (Lipinski definition) is 7. The zero-order valence-electron chi connectivity index (χ0n) is 14.4. The quantitative estimate of drug-likeness (QED) is 0.657. The molecule has 1 atom stereocenters. The fourth-order valence-electron chi connectivity index (χ4n) is 2.64. The van der Waals surface area contributed by atoms with Crippen LogP contribution in [0.2, 0.25) is 5.02 Å². The molecule has 4 rings (SSSR count). The fraction of sp³-hybridized carbons (Fsp3) is 0.158. The van der Waals surface area contributed by atoms with Gasteiger partial charge in [0.1, 0.15) is 5.75 Å². The van der Waals surface area contributed by atoms with Gasteiger partial charge in [-0.3, -0.25) is 9.59 Å². The molecular formula is C19H14ClN3O5. The third-order valence-electron chi connectivity index (χ3n) is 3.97. The summed E-state index contributed by atoms with van der Waals surface area (Å²) < 4.78 is 15.8. The summed E-state index contributed by atoms with van der Waals surface area (Å²) >= 11 is 5.94. The summed E-state index contributed by atoms with van der Waals surface area (Å²) in [6, 6.07) is 14.0. The molecule has 1 aromatic heterocycles. The highest BCUT2D eigenvalue weighted by molar-refractivity contribution is 6.30. The van der Waals surface area contributed by atoms with Gasteiger partial charge in [-0.15, -0.1) is 0 Å². The first-order valence-corrected chi connectivity index (χ1v) is 8.77. The van der Waals surface area contributed by atoms with E-state index in [4.69, 9.17) is 25.6 Å². The van der Waals surface area contributed by atoms with Crippen LogP contribution in [0.15, 0.2) is 53.1 Å². The molecule has 2 aromatic carbocycles. The van der Waals surface area contributed by atoms with Crippen molar-refractivity contribution < 1.29 is 23.6 Å². The molecule has 1 aliphatic heterocycles. The molecule has 0 saturated heterocycles. The van der Waals surface area contributed by atoms with E-state index in [0.29, 0.717) is 27.8 Å². The van der Waals surface area contributed by atoms with Crippen molar-refractivity contribution in [1.82, 2.24) is 10.1 Å². The lowest BCUT2D eigenvalue weighted by Gasteiger charge is -2.24. The number of halogens is 1. The normalized spacial score (nSPS) is 15.3. The van der Waals surface area contributed by atoms with Crippen LogP contribution in [0.25, 0.3) is 11.4 Å². The minimum Gasteiger partial charge on any atom is -0.478 e. The predicted octanol–water partition coefficient (Wildman–Crippen LogP) is 3.22. The maximum absolute atomic E-state index is 12.1. The maximum atomic E-state index is 12.1. The highest BCUT2D eigenvalue weighted by Crippen LogP contribution is 2.29. The Morgan fingerprint density at radius 2 is 2.07 bits per heavy atom. The Kier molecular flexibility index (Phi) is 4.94. The number of fused-ring (bicyclic) bond motifs is 1. The van der Waals surface area contributed by atoms with Crippen molar-refractivity contribution in [2.45, 2.75) is 19.1 Å². The maximum Gasteiger partial charge on any atom is 0.310 e. The number of esters is 1. The minimum absolute atomic E-state index is 0.127. The molecule has 0 spiro atoms. The van der Waals surface area contributed by atoms with Crippen LogP contribution >= 0.6 is 11.6 Å². The number of anilines is 1. The number of nitrogens with zero attached hydrogens (tertiary/aromatic N) is 2. The summed E-state index contributed by atoms with van der Waals surface area (Å²) in [5, 5.41) is 7.07. The van der Waals surface area contributed by atoms with Crippen LogP contribution in [0.1, 0.15) is 12.3 Å². The molecule has 1 aliphatic rings. The largest absolute Gasteiger partial charge is 0.478 e. The number of carbonyl (C=O) groups is 2. The van der Waals surface area contributed by atoms with E-state index in [1.807, 2.05) is 0 Å². The van der Waals surface area contributed by atoms with Gasteiger partial charge in [0.2, 0.25) is 5.82 Å². The highest BCUT2D eigenvalue weighted by atomic mass is 35.5. The third kappa shape index (κ3) is 3.96. The average Bonchev–Trinajstić information content (AvgIpc) is 3.16. The van der Waals surface area contributed by atoms with Gasteiger partial charge in [-0.05, 0) is 24.3 Å². The minimum atomic E-state index is -0.966. The van der Waals surface area contributed by atoms with Crippen molar-refractivity contribution in [3.05, 3.63) is 59.4 Å². The van der Waals surface area contributed by atoms with Gasteiger partial charge < -0.3 is 19.3 Å². The molecule has 1 amide bonds. The first-order valence-electron chi connectivity index (χ1n) is 8.39. The van der Waals surface area contributed by atoms with Crippen molar-refractivity contribution in [2.75, 3.05) is 5.32 Å². The van der Waals surface area contributed by atoms with Gasteiger partial charge in [0.25, 0.3) is 11.8 Å². The second-order valence-electron chi connectivity index (χ2n) is 5.98. The second-order valence-corrected chi connectivity index (χ2v) is 6.42. The molecule has 3 aromatic rings. The van der Waals surface area contributed by atoms with Crippen LogP contribution in [0, 0.1) is 0 Å². The molecule has 0 bridgehead atoms. The number of amides is 1. The van der Waals surface area contributed by atoms with Gasteiger partial charge in [-0.2, -0.15) is 4.98 Å². The number of aromatic nitrogens is 2. The van der Waals surface area contributed by atoms with Crippen LogP contribution in [0.5, 0.6) is 5.75 Å². The number of ether oxygens (including phenoxy) is 2. The van der Waals surface area contributed by atoms with Crippen molar-refractivity contribution in [2.24, 2.45) is 0 Å². The molecule has 2 heterocycles. The molecule has 0 fully saturated rings. The summed E-state index contributed by atoms with van der Waals surface area (Å²) in [7, 11) is 0. The van der Waals surface area contributed by atoms with Crippen molar-refractivity contribution in [3.63, 3.8) is 0 Å². The summed E-state index contributed by atoms with van der Waals surface area (Å²) in [6.45, 7) is -0.211. The van der Waals surface area contributed by atoms with Gasteiger partial charge in [0, 0.05) is 10.6 Å². The molecule has 9 heteroatoms. The lowest BCUT2D eigenvalue weighted by molar-refractivity contribution is -0.149. The van der Waals surface area contributed by atoms with E-state index >= 15 is 0 Å². The molecule has 0 radical (unpaired) electrons. The fourth-order valence-corrected chi connectivity index (χ4v) is 2.83. The molecule has 8 nitrogen and oxygen atoms in total. The molecule has 28 heavy (non-hydrogen) atoms. The lowest BCUT2D eigenvalue weighted by atomic mass is 10.1. The molecule has 0 unspecified atom stereocenters. The van der Waals surface area contributed by atoms with Gasteiger partial charge in [0.15, 0.2) is 12.7 Å². The topological polar surface area (TPSA) is 104 Å². The SMILES string of the molecule is O=C(C[C@@H]1Oc2ccccc2NC1=O)OCc1nc(-c2cccc(Cl)c2)no1. The van der Waals surface area contributed by atoms with E-state index in [0.717, 1.165) is 0 Å². The summed E-state index contributed by atoms with van der Waals surface area (Å²) in [5.41, 5.74) is 1.25. The van der Waals surface area contributed by atoms with Crippen LogP contribution in [0.4, 0.5) is 5.69 Å². The average molecular weight is 400 g/mol. The highest BCUT2D eigenvalue weighted by Gasteiger charge is 2.30. The second kappa shape index (κ2) is 7.69. The first kappa shape index (κ1) is 18.0. The third-order valence-corrected chi connectivity index (χ3v) is 4.20. The standard InChI is InChI=1S/C19H14ClN3O5/c20-12-5-3-4-11(8-12)18-22-16(28-23-18)10-26-17(24)9-15-19(25)21-13-6-1-2-7-14(13)27-15/h1-8,15H,9-10H2,(H,21,25)/t15-/m0/s1.